The fraction of sp³-hybridized carbons (Fsp3) is 0.800. The van der Waals surface area contributed by atoms with Gasteiger partial charge in [0.2, 0.25) is 5.78 Å². The Morgan fingerprint density at radius 1 is 1.08 bits per heavy atom. The first kappa shape index (κ1) is 12.1. The fourth-order valence-electron chi connectivity index (χ4n) is 1.11. The minimum Gasteiger partial charge on any atom is -0.463 e. The van der Waals surface area contributed by atoms with Crippen LogP contribution in [0.1, 0.15) is 45.4 Å². The zero-order valence-electron chi connectivity index (χ0n) is 8.47. The summed E-state index contributed by atoms with van der Waals surface area (Å²) in [6.07, 6.45) is 5.68. The molecule has 13 heavy (non-hydrogen) atoms. The third-order valence-corrected chi connectivity index (χ3v) is 1.92. The summed E-state index contributed by atoms with van der Waals surface area (Å²) in [5, 5.41) is 0. The minimum atomic E-state index is -0.713. The second-order valence-electron chi connectivity index (χ2n) is 3.08. The monoisotopic (exact) mass is 186 g/mol. The van der Waals surface area contributed by atoms with Gasteiger partial charge >= 0.3 is 5.97 Å². The zero-order chi connectivity index (χ0) is 10.1. The minimum absolute atomic E-state index is 0.330. The van der Waals surface area contributed by atoms with Crippen molar-refractivity contribution in [2.24, 2.45) is 0 Å². The van der Waals surface area contributed by atoms with Crippen molar-refractivity contribution in [3.63, 3.8) is 0 Å². The molecule has 0 radical (unpaired) electrons. The molecule has 0 aromatic rings. The van der Waals surface area contributed by atoms with Crippen LogP contribution in [0.2, 0.25) is 0 Å². The van der Waals surface area contributed by atoms with Crippen LogP contribution >= 0.6 is 0 Å². The molecule has 0 N–H and O–H groups in total. The number of unbranched alkanes of at least 4 members (excludes halogenated alkanes) is 4. The van der Waals surface area contributed by atoms with Crippen molar-refractivity contribution >= 4 is 11.8 Å². The van der Waals surface area contributed by atoms with Crippen LogP contribution in [-0.2, 0) is 14.3 Å². The van der Waals surface area contributed by atoms with Crippen LogP contribution in [0.4, 0.5) is 0 Å². The van der Waals surface area contributed by atoms with Crippen molar-refractivity contribution < 1.29 is 14.3 Å². The van der Waals surface area contributed by atoms with Gasteiger partial charge in [0.15, 0.2) is 0 Å². The average Bonchev–Trinajstić information content (AvgIpc) is 2.16. The summed E-state index contributed by atoms with van der Waals surface area (Å²) in [6, 6.07) is 0. The lowest BCUT2D eigenvalue weighted by Gasteiger charge is -1.98. The molecule has 0 saturated carbocycles. The molecule has 0 aliphatic carbocycles. The van der Waals surface area contributed by atoms with Crippen molar-refractivity contribution in [1.29, 1.82) is 0 Å². The van der Waals surface area contributed by atoms with E-state index >= 15 is 0 Å². The third kappa shape index (κ3) is 6.31. The van der Waals surface area contributed by atoms with Gasteiger partial charge in [-0.15, -0.1) is 0 Å². The molecule has 0 aliphatic heterocycles. The molecule has 0 aliphatic rings. The topological polar surface area (TPSA) is 43.4 Å². The van der Waals surface area contributed by atoms with Crippen LogP contribution in [0, 0.1) is 0 Å². The van der Waals surface area contributed by atoms with Crippen LogP contribution in [-0.4, -0.2) is 18.9 Å². The first-order valence-corrected chi connectivity index (χ1v) is 4.83. The van der Waals surface area contributed by atoms with Crippen LogP contribution < -0.4 is 0 Å². The first-order chi connectivity index (χ1) is 6.22. The lowest BCUT2D eigenvalue weighted by Crippen LogP contribution is -2.14. The number of rotatable bonds is 7. The van der Waals surface area contributed by atoms with Crippen LogP contribution in [0.3, 0.4) is 0 Å². The Morgan fingerprint density at radius 3 is 2.23 bits per heavy atom. The molecule has 0 saturated heterocycles. The summed E-state index contributed by atoms with van der Waals surface area (Å²) in [5.41, 5.74) is 0. The number of hydrogen-bond acceptors (Lipinski definition) is 3. The van der Waals surface area contributed by atoms with E-state index in [9.17, 15) is 9.59 Å². The highest BCUT2D eigenvalue weighted by molar-refractivity contribution is 6.33. The van der Waals surface area contributed by atoms with Gasteiger partial charge in [0, 0.05) is 6.42 Å². The number of hydrogen-bond donors (Lipinski definition) is 0. The molecule has 3 heteroatoms. The van der Waals surface area contributed by atoms with E-state index in [4.69, 9.17) is 0 Å². The molecular weight excluding hydrogens is 168 g/mol. The Bertz CT molecular complexity index is 164. The molecule has 0 bridgehead atoms. The number of ketones is 1. The number of carbonyl (C=O) groups is 2. The van der Waals surface area contributed by atoms with Crippen molar-refractivity contribution in [1.82, 2.24) is 0 Å². The Labute approximate surface area is 79.5 Å². The van der Waals surface area contributed by atoms with Gasteiger partial charge in [-0.3, -0.25) is 4.79 Å². The maximum absolute atomic E-state index is 10.9. The van der Waals surface area contributed by atoms with Gasteiger partial charge in [-0.2, -0.15) is 0 Å². The SMILES string of the molecule is CCCCCCCC(=O)C(=O)OC. The second kappa shape index (κ2) is 7.77. The number of esters is 1. The molecule has 76 valence electrons. The van der Waals surface area contributed by atoms with Crippen LogP contribution in [0.5, 0.6) is 0 Å². The van der Waals surface area contributed by atoms with Crippen molar-refractivity contribution in [2.75, 3.05) is 7.11 Å². The van der Waals surface area contributed by atoms with Gasteiger partial charge < -0.3 is 4.74 Å². The highest BCUT2D eigenvalue weighted by atomic mass is 16.5. The average molecular weight is 186 g/mol. The molecule has 0 aromatic carbocycles. The molecule has 0 spiro atoms. The number of Topliss-reactive ketones (excluding diaryl/α,β-unsaturated/α-hetero) is 1. The van der Waals surface area contributed by atoms with E-state index in [1.54, 1.807) is 0 Å². The van der Waals surface area contributed by atoms with E-state index in [2.05, 4.69) is 11.7 Å². The largest absolute Gasteiger partial charge is 0.463 e. The van der Waals surface area contributed by atoms with Gasteiger partial charge in [-0.25, -0.2) is 4.79 Å². The quantitative estimate of drug-likeness (QED) is 0.347. The van der Waals surface area contributed by atoms with Crippen LogP contribution in [0.25, 0.3) is 0 Å². The smallest absolute Gasteiger partial charge is 0.374 e. The highest BCUT2D eigenvalue weighted by Crippen LogP contribution is 2.05. The van der Waals surface area contributed by atoms with E-state index < -0.39 is 11.8 Å². The van der Waals surface area contributed by atoms with Crippen molar-refractivity contribution in [3.05, 3.63) is 0 Å². The Hall–Kier alpha value is -0.860. The Morgan fingerprint density at radius 2 is 1.69 bits per heavy atom. The van der Waals surface area contributed by atoms with Gasteiger partial charge in [0.25, 0.3) is 0 Å². The Balaban J connectivity index is 3.32. The van der Waals surface area contributed by atoms with Crippen molar-refractivity contribution in [2.45, 2.75) is 45.4 Å². The summed E-state index contributed by atoms with van der Waals surface area (Å²) in [6.45, 7) is 2.14. The van der Waals surface area contributed by atoms with E-state index in [1.165, 1.54) is 20.0 Å². The standard InChI is InChI=1S/C10H18O3/c1-3-4-5-6-7-8-9(11)10(12)13-2/h3-8H2,1-2H3. The number of methoxy groups -OCH3 is 1. The summed E-state index contributed by atoms with van der Waals surface area (Å²) >= 11 is 0. The number of ether oxygens (including phenoxy) is 1. The molecule has 3 nitrogen and oxygen atoms in total. The molecular formula is C10H18O3. The van der Waals surface area contributed by atoms with Gasteiger partial charge in [0.1, 0.15) is 0 Å². The fourth-order valence-corrected chi connectivity index (χ4v) is 1.11. The molecule has 0 rings (SSSR count). The van der Waals surface area contributed by atoms with E-state index in [-0.39, 0.29) is 0 Å². The zero-order valence-corrected chi connectivity index (χ0v) is 8.47. The molecule has 0 atom stereocenters. The summed E-state index contributed by atoms with van der Waals surface area (Å²) < 4.78 is 4.30. The summed E-state index contributed by atoms with van der Waals surface area (Å²) in [4.78, 5) is 21.6. The predicted molar refractivity (Wildman–Crippen MR) is 50.4 cm³/mol. The van der Waals surface area contributed by atoms with E-state index in [0.29, 0.717) is 6.42 Å². The third-order valence-electron chi connectivity index (χ3n) is 1.92. The van der Waals surface area contributed by atoms with E-state index in [0.717, 1.165) is 19.3 Å². The normalized spacial score (nSPS) is 9.69. The molecule has 0 aromatic heterocycles. The lowest BCUT2D eigenvalue weighted by molar-refractivity contribution is -0.151. The maximum atomic E-state index is 10.9. The molecule has 0 unspecified atom stereocenters. The maximum Gasteiger partial charge on any atom is 0.374 e. The predicted octanol–water partition coefficient (Wildman–Crippen LogP) is 2.09. The second-order valence-corrected chi connectivity index (χ2v) is 3.08. The van der Waals surface area contributed by atoms with Crippen LogP contribution in [0.15, 0.2) is 0 Å². The van der Waals surface area contributed by atoms with Gasteiger partial charge in [-0.1, -0.05) is 32.6 Å². The van der Waals surface area contributed by atoms with Gasteiger partial charge in [0.05, 0.1) is 7.11 Å². The van der Waals surface area contributed by atoms with E-state index in [1.807, 2.05) is 0 Å². The molecule has 0 fully saturated rings. The molecule has 0 amide bonds. The first-order valence-electron chi connectivity index (χ1n) is 4.83. The number of carbonyl (C=O) groups excluding carboxylic acids is 2. The summed E-state index contributed by atoms with van der Waals surface area (Å²) in [7, 11) is 1.23. The lowest BCUT2D eigenvalue weighted by atomic mass is 10.1. The highest BCUT2D eigenvalue weighted by Gasteiger charge is 2.12. The summed E-state index contributed by atoms with van der Waals surface area (Å²) in [5.74, 6) is -1.12. The Kier molecular flexibility index (Phi) is 7.26. The van der Waals surface area contributed by atoms with Gasteiger partial charge in [-0.05, 0) is 6.42 Å². The van der Waals surface area contributed by atoms with Crippen molar-refractivity contribution in [3.8, 4) is 0 Å². The molecule has 0 heterocycles.